The number of aryl methyl sites for hydroxylation is 2. The summed E-state index contributed by atoms with van der Waals surface area (Å²) in [5.41, 5.74) is 12.7. The van der Waals surface area contributed by atoms with Crippen LogP contribution in [0.4, 0.5) is 11.4 Å². The zero-order valence-corrected chi connectivity index (χ0v) is 38.1. The zero-order valence-electron chi connectivity index (χ0n) is 36.6. The number of anilines is 2. The summed E-state index contributed by atoms with van der Waals surface area (Å²) in [6.07, 6.45) is 3.96. The van der Waals surface area contributed by atoms with Gasteiger partial charge in [0, 0.05) is 34.3 Å². The molecule has 0 aliphatic rings. The summed E-state index contributed by atoms with van der Waals surface area (Å²) in [7, 11) is 4.06. The van der Waals surface area contributed by atoms with Crippen LogP contribution >= 0.6 is 23.2 Å². The Bertz CT molecular complexity index is 2520. The Hall–Kier alpha value is -6.96. The fourth-order valence-electron chi connectivity index (χ4n) is 6.79. The van der Waals surface area contributed by atoms with Crippen molar-refractivity contribution in [1.29, 1.82) is 0 Å². The highest BCUT2D eigenvalue weighted by Crippen LogP contribution is 2.24. The average Bonchev–Trinajstić information content (AvgIpc) is 3.29. The van der Waals surface area contributed by atoms with Crippen LogP contribution in [0.2, 0.25) is 10.0 Å². The molecule has 0 spiro atoms. The second-order valence-corrected chi connectivity index (χ2v) is 16.6. The van der Waals surface area contributed by atoms with E-state index in [0.29, 0.717) is 45.6 Å². The predicted octanol–water partition coefficient (Wildman–Crippen LogP) is 9.60. The number of benzene rings is 6. The van der Waals surface area contributed by atoms with Gasteiger partial charge in [0.15, 0.2) is 0 Å². The van der Waals surface area contributed by atoms with E-state index in [0.717, 1.165) is 52.9 Å². The highest BCUT2D eigenvalue weighted by Gasteiger charge is 2.18. The summed E-state index contributed by atoms with van der Waals surface area (Å²) < 4.78 is 0. The molecule has 14 heteroatoms. The number of rotatable bonds is 18. The quantitative estimate of drug-likeness (QED) is 0.0499. The molecule has 0 fully saturated rings. The maximum Gasteiger partial charge on any atom is 0.273 e. The SMILES string of the molecule is Cc1ccc(/C=N/NC(=O)c2cc(Cl)ccc2NC(=O)c2cccc(CN(C)CCCN(C)Cc3cccc(C(=O)Nc4ccc(Cl)cc4C(=O)N/N=C/c4ccc(C)cc4)c3)c2)cc1. The van der Waals surface area contributed by atoms with E-state index in [1.165, 1.54) is 12.1 Å². The zero-order chi connectivity index (χ0) is 46.3. The number of nitrogens with one attached hydrogen (secondary N) is 4. The van der Waals surface area contributed by atoms with Crippen molar-refractivity contribution >= 4 is 70.6 Å². The highest BCUT2D eigenvalue weighted by molar-refractivity contribution is 6.31. The third-order valence-electron chi connectivity index (χ3n) is 10.2. The van der Waals surface area contributed by atoms with E-state index < -0.39 is 11.8 Å². The molecule has 0 aliphatic heterocycles. The molecule has 0 saturated heterocycles. The first-order chi connectivity index (χ1) is 31.3. The van der Waals surface area contributed by atoms with Crippen molar-refractivity contribution < 1.29 is 19.2 Å². The molecule has 6 rings (SSSR count). The maximum atomic E-state index is 13.4. The van der Waals surface area contributed by atoms with Crippen LogP contribution in [-0.2, 0) is 13.1 Å². The Labute approximate surface area is 389 Å². The van der Waals surface area contributed by atoms with Gasteiger partial charge < -0.3 is 20.4 Å². The van der Waals surface area contributed by atoms with Crippen LogP contribution in [0.25, 0.3) is 0 Å². The summed E-state index contributed by atoms with van der Waals surface area (Å²) in [6, 6.07) is 39.5. The molecule has 0 heterocycles. The molecule has 332 valence electrons. The summed E-state index contributed by atoms with van der Waals surface area (Å²) in [6.45, 7) is 6.81. The van der Waals surface area contributed by atoms with Crippen molar-refractivity contribution in [3.05, 3.63) is 199 Å². The second kappa shape index (κ2) is 23.1. The van der Waals surface area contributed by atoms with Gasteiger partial charge in [0.1, 0.15) is 0 Å². The van der Waals surface area contributed by atoms with Gasteiger partial charge in [0.25, 0.3) is 23.6 Å². The number of hydrogen-bond acceptors (Lipinski definition) is 8. The molecule has 0 aliphatic carbocycles. The monoisotopic (exact) mass is 908 g/mol. The lowest BCUT2D eigenvalue weighted by Gasteiger charge is -2.21. The molecule has 6 aromatic carbocycles. The summed E-state index contributed by atoms with van der Waals surface area (Å²) in [5, 5.41) is 14.6. The fraction of sp³-hybridized carbons (Fsp3) is 0.176. The van der Waals surface area contributed by atoms with Crippen molar-refractivity contribution in [3.63, 3.8) is 0 Å². The van der Waals surface area contributed by atoms with E-state index in [1.807, 2.05) is 113 Å². The van der Waals surface area contributed by atoms with Crippen molar-refractivity contribution in [2.45, 2.75) is 33.4 Å². The first-order valence-electron chi connectivity index (χ1n) is 20.9. The first kappa shape index (κ1) is 47.5. The lowest BCUT2D eigenvalue weighted by Crippen LogP contribution is -2.25. The molecule has 0 aromatic heterocycles. The molecule has 12 nitrogen and oxygen atoms in total. The van der Waals surface area contributed by atoms with Gasteiger partial charge in [-0.05, 0) is 130 Å². The van der Waals surface area contributed by atoms with E-state index in [9.17, 15) is 19.2 Å². The second-order valence-electron chi connectivity index (χ2n) is 15.7. The normalized spacial score (nSPS) is 11.3. The average molecular weight is 910 g/mol. The highest BCUT2D eigenvalue weighted by atomic mass is 35.5. The molecule has 6 aromatic rings. The van der Waals surface area contributed by atoms with Crippen LogP contribution in [0.5, 0.6) is 0 Å². The molecular formula is C51H50Cl2N8O4. The number of amides is 4. The van der Waals surface area contributed by atoms with E-state index in [4.69, 9.17) is 23.2 Å². The van der Waals surface area contributed by atoms with Gasteiger partial charge in [0.2, 0.25) is 0 Å². The van der Waals surface area contributed by atoms with E-state index in [-0.39, 0.29) is 22.9 Å². The largest absolute Gasteiger partial charge is 0.321 e. The summed E-state index contributed by atoms with van der Waals surface area (Å²) in [5.74, 6) is -1.76. The molecule has 4 amide bonds. The van der Waals surface area contributed by atoms with Gasteiger partial charge in [0.05, 0.1) is 34.9 Å². The Morgan fingerprint density at radius 1 is 0.523 bits per heavy atom. The number of carbonyl (C=O) groups is 4. The Morgan fingerprint density at radius 2 is 0.923 bits per heavy atom. The van der Waals surface area contributed by atoms with Crippen LogP contribution in [-0.4, -0.2) is 73.0 Å². The summed E-state index contributed by atoms with van der Waals surface area (Å²) in [4.78, 5) is 57.4. The van der Waals surface area contributed by atoms with Gasteiger partial charge in [-0.1, -0.05) is 107 Å². The fourth-order valence-corrected chi connectivity index (χ4v) is 7.13. The van der Waals surface area contributed by atoms with Gasteiger partial charge in [-0.25, -0.2) is 10.9 Å². The van der Waals surface area contributed by atoms with Crippen LogP contribution in [0.15, 0.2) is 144 Å². The van der Waals surface area contributed by atoms with Crippen LogP contribution < -0.4 is 21.5 Å². The molecule has 0 unspecified atom stereocenters. The minimum Gasteiger partial charge on any atom is -0.321 e. The molecule has 4 N–H and O–H groups in total. The lowest BCUT2D eigenvalue weighted by molar-refractivity contribution is 0.0947. The maximum absolute atomic E-state index is 13.4. The number of carbonyl (C=O) groups excluding carboxylic acids is 4. The number of halogens is 2. The van der Waals surface area contributed by atoms with Crippen molar-refractivity contribution in [1.82, 2.24) is 20.7 Å². The Morgan fingerprint density at radius 3 is 1.32 bits per heavy atom. The molecular weight excluding hydrogens is 860 g/mol. The van der Waals surface area contributed by atoms with E-state index in [2.05, 4.69) is 41.5 Å². The molecule has 0 saturated carbocycles. The first-order valence-corrected chi connectivity index (χ1v) is 21.6. The third kappa shape index (κ3) is 14.5. The van der Waals surface area contributed by atoms with Crippen molar-refractivity contribution in [2.24, 2.45) is 10.2 Å². The lowest BCUT2D eigenvalue weighted by atomic mass is 10.1. The minimum absolute atomic E-state index is 0.179. The summed E-state index contributed by atoms with van der Waals surface area (Å²) >= 11 is 12.5. The molecule has 0 atom stereocenters. The van der Waals surface area contributed by atoms with Crippen LogP contribution in [0.3, 0.4) is 0 Å². The van der Waals surface area contributed by atoms with Gasteiger partial charge in [-0.3, -0.25) is 19.2 Å². The number of hydrazone groups is 2. The number of nitrogens with zero attached hydrogens (tertiary/aromatic N) is 4. The van der Waals surface area contributed by atoms with Gasteiger partial charge >= 0.3 is 0 Å². The molecule has 0 bridgehead atoms. The van der Waals surface area contributed by atoms with Gasteiger partial charge in [-0.2, -0.15) is 10.2 Å². The standard InChI is InChI=1S/C51H50Cl2N8O4/c1-34-12-16-36(17-13-34)30-54-58-50(64)44-28-42(52)20-22-46(44)56-48(62)40-10-5-8-38(26-40)32-60(3)24-7-25-61(4)33-39-9-6-11-41(27-39)49(63)57-47-23-21-43(53)29-45(47)51(65)59-55-31-37-18-14-35(2)15-19-37/h5-6,8-23,26-31H,7,24-25,32-33H2,1-4H3,(H,56,62)(H,57,63)(H,58,64)(H,59,65)/b54-30+,55-31+. The number of hydrogen-bond donors (Lipinski definition) is 4. The topological polar surface area (TPSA) is 148 Å². The van der Waals surface area contributed by atoms with E-state index >= 15 is 0 Å². The Kier molecular flexibility index (Phi) is 16.9. The smallest absolute Gasteiger partial charge is 0.273 e. The van der Waals surface area contributed by atoms with Gasteiger partial charge in [-0.15, -0.1) is 0 Å². The predicted molar refractivity (Wildman–Crippen MR) is 261 cm³/mol. The Balaban J connectivity index is 0.968. The van der Waals surface area contributed by atoms with Crippen molar-refractivity contribution in [3.8, 4) is 0 Å². The van der Waals surface area contributed by atoms with Crippen molar-refractivity contribution in [2.75, 3.05) is 37.8 Å². The molecule has 65 heavy (non-hydrogen) atoms. The minimum atomic E-state index is -0.516. The third-order valence-corrected chi connectivity index (χ3v) is 10.7. The molecule has 0 radical (unpaired) electrons. The van der Waals surface area contributed by atoms with Crippen LogP contribution in [0, 0.1) is 13.8 Å². The van der Waals surface area contributed by atoms with E-state index in [1.54, 1.807) is 48.8 Å². The van der Waals surface area contributed by atoms with Crippen LogP contribution in [0.1, 0.15) is 81.2 Å².